The van der Waals surface area contributed by atoms with Crippen molar-refractivity contribution >= 4 is 44.0 Å². The van der Waals surface area contributed by atoms with Crippen molar-refractivity contribution in [3.05, 3.63) is 59.1 Å². The van der Waals surface area contributed by atoms with E-state index in [9.17, 15) is 13.2 Å². The van der Waals surface area contributed by atoms with E-state index in [4.69, 9.17) is 21.1 Å². The first-order valence-electron chi connectivity index (χ1n) is 8.55. The number of sulfonamides is 1. The number of methoxy groups -OCH3 is 1. The number of para-hydroxylation sites is 2. The maximum absolute atomic E-state index is 12.4. The summed E-state index contributed by atoms with van der Waals surface area (Å²) >= 11 is 6.53. The summed E-state index contributed by atoms with van der Waals surface area (Å²) < 4.78 is 37.5. The van der Waals surface area contributed by atoms with E-state index in [1.807, 2.05) is 0 Å². The van der Waals surface area contributed by atoms with Gasteiger partial charge in [0.25, 0.3) is 15.9 Å². The number of carbonyl (C=O) groups is 1. The van der Waals surface area contributed by atoms with Gasteiger partial charge in [0, 0.05) is 17.1 Å². The number of amides is 1. The van der Waals surface area contributed by atoms with E-state index >= 15 is 0 Å². The Labute approximate surface area is 182 Å². The lowest BCUT2D eigenvalue weighted by Gasteiger charge is -2.10. The van der Waals surface area contributed by atoms with Gasteiger partial charge >= 0.3 is 0 Å². The second-order valence-corrected chi connectivity index (χ2v) is 9.09. The standard InChI is InChI=1S/C18H17ClN4O5S2/c1-27-14-4-2-3-5-15(14)28-11-10-20-30(25,26)18-23-22-17(29-18)21-16(24)12-6-8-13(19)9-7-12/h2-9,20H,10-11H2,1H3,(H,21,22,24). The van der Waals surface area contributed by atoms with Gasteiger partial charge in [0.2, 0.25) is 9.47 Å². The Hall–Kier alpha value is -2.73. The van der Waals surface area contributed by atoms with Crippen LogP contribution in [0.2, 0.25) is 5.02 Å². The average molecular weight is 469 g/mol. The monoisotopic (exact) mass is 468 g/mol. The number of halogens is 1. The van der Waals surface area contributed by atoms with Gasteiger partial charge in [0.15, 0.2) is 11.5 Å². The Morgan fingerprint density at radius 1 is 1.10 bits per heavy atom. The van der Waals surface area contributed by atoms with E-state index in [-0.39, 0.29) is 22.6 Å². The molecule has 0 spiro atoms. The number of benzene rings is 2. The summed E-state index contributed by atoms with van der Waals surface area (Å²) in [6.07, 6.45) is 0. The summed E-state index contributed by atoms with van der Waals surface area (Å²) in [5.41, 5.74) is 0.352. The molecule has 0 saturated carbocycles. The molecule has 12 heteroatoms. The molecule has 1 heterocycles. The number of nitrogens with one attached hydrogen (secondary N) is 2. The predicted octanol–water partition coefficient (Wildman–Crippen LogP) is 2.81. The van der Waals surface area contributed by atoms with Crippen molar-refractivity contribution in [2.24, 2.45) is 0 Å². The minimum atomic E-state index is -3.90. The first kappa shape index (κ1) is 22.0. The third kappa shape index (κ3) is 5.66. The topological polar surface area (TPSA) is 120 Å². The molecular formula is C18H17ClN4O5S2. The van der Waals surface area contributed by atoms with Gasteiger partial charge in [-0.1, -0.05) is 35.1 Å². The minimum absolute atomic E-state index is 0.00638. The molecule has 1 aromatic heterocycles. The van der Waals surface area contributed by atoms with Crippen molar-refractivity contribution in [3.8, 4) is 11.5 Å². The largest absolute Gasteiger partial charge is 0.493 e. The van der Waals surface area contributed by atoms with Crippen LogP contribution in [0.3, 0.4) is 0 Å². The van der Waals surface area contributed by atoms with Crippen molar-refractivity contribution in [3.63, 3.8) is 0 Å². The van der Waals surface area contributed by atoms with Crippen molar-refractivity contribution in [1.82, 2.24) is 14.9 Å². The number of rotatable bonds is 9. The van der Waals surface area contributed by atoms with E-state index in [2.05, 4.69) is 20.2 Å². The molecule has 158 valence electrons. The molecule has 0 aliphatic heterocycles. The minimum Gasteiger partial charge on any atom is -0.493 e. The molecule has 0 fully saturated rings. The van der Waals surface area contributed by atoms with E-state index in [1.54, 1.807) is 48.5 Å². The Kier molecular flexibility index (Phi) is 7.21. The molecule has 0 atom stereocenters. The number of nitrogens with zero attached hydrogens (tertiary/aromatic N) is 2. The van der Waals surface area contributed by atoms with Gasteiger partial charge in [-0.05, 0) is 36.4 Å². The summed E-state index contributed by atoms with van der Waals surface area (Å²) in [5, 5.41) is 10.4. The van der Waals surface area contributed by atoms with Crippen LogP contribution in [0.25, 0.3) is 0 Å². The Morgan fingerprint density at radius 2 is 1.80 bits per heavy atom. The number of hydrogen-bond donors (Lipinski definition) is 2. The highest BCUT2D eigenvalue weighted by Gasteiger charge is 2.21. The molecule has 3 aromatic rings. The Morgan fingerprint density at radius 3 is 2.50 bits per heavy atom. The summed E-state index contributed by atoms with van der Waals surface area (Å²) in [6.45, 7) is 0.0883. The molecule has 0 unspecified atom stereocenters. The highest BCUT2D eigenvalue weighted by atomic mass is 35.5. The van der Waals surface area contributed by atoms with Crippen molar-refractivity contribution < 1.29 is 22.7 Å². The Balaban J connectivity index is 1.54. The van der Waals surface area contributed by atoms with Crippen LogP contribution in [-0.4, -0.2) is 44.8 Å². The lowest BCUT2D eigenvalue weighted by atomic mass is 10.2. The maximum atomic E-state index is 12.4. The highest BCUT2D eigenvalue weighted by molar-refractivity contribution is 7.91. The van der Waals surface area contributed by atoms with Crippen molar-refractivity contribution in [1.29, 1.82) is 0 Å². The van der Waals surface area contributed by atoms with Gasteiger partial charge < -0.3 is 9.47 Å². The van der Waals surface area contributed by atoms with Gasteiger partial charge in [-0.3, -0.25) is 10.1 Å². The first-order chi connectivity index (χ1) is 14.4. The first-order valence-corrected chi connectivity index (χ1v) is 11.2. The summed E-state index contributed by atoms with van der Waals surface area (Å²) in [6, 6.07) is 13.3. The number of ether oxygens (including phenoxy) is 2. The second kappa shape index (κ2) is 9.85. The molecule has 0 bridgehead atoms. The van der Waals surface area contributed by atoms with Crippen LogP contribution in [0.15, 0.2) is 52.9 Å². The molecular weight excluding hydrogens is 452 g/mol. The molecule has 0 saturated heterocycles. The van der Waals surface area contributed by atoms with Crippen LogP contribution in [0.4, 0.5) is 5.13 Å². The predicted molar refractivity (Wildman–Crippen MR) is 113 cm³/mol. The summed E-state index contributed by atoms with van der Waals surface area (Å²) in [5.74, 6) is 0.595. The fourth-order valence-electron chi connectivity index (χ4n) is 2.28. The zero-order valence-electron chi connectivity index (χ0n) is 15.7. The van der Waals surface area contributed by atoms with E-state index < -0.39 is 15.9 Å². The number of aromatic nitrogens is 2. The number of carbonyl (C=O) groups excluding carboxylic acids is 1. The van der Waals surface area contributed by atoms with Crippen LogP contribution in [0.1, 0.15) is 10.4 Å². The van der Waals surface area contributed by atoms with Crippen LogP contribution in [0.5, 0.6) is 11.5 Å². The summed E-state index contributed by atoms with van der Waals surface area (Å²) in [4.78, 5) is 12.2. The molecule has 0 aliphatic rings. The molecule has 2 aromatic carbocycles. The SMILES string of the molecule is COc1ccccc1OCCNS(=O)(=O)c1nnc(NC(=O)c2ccc(Cl)cc2)s1. The van der Waals surface area contributed by atoms with Gasteiger partial charge in [0.05, 0.1) is 7.11 Å². The third-order valence-corrected chi connectivity index (χ3v) is 6.60. The molecule has 0 radical (unpaired) electrons. The maximum Gasteiger partial charge on any atom is 0.269 e. The fraction of sp³-hybridized carbons (Fsp3) is 0.167. The zero-order chi connectivity index (χ0) is 21.6. The van der Waals surface area contributed by atoms with Crippen molar-refractivity contribution in [2.75, 3.05) is 25.6 Å². The molecule has 9 nitrogen and oxygen atoms in total. The van der Waals surface area contributed by atoms with E-state index in [0.717, 1.165) is 11.3 Å². The highest BCUT2D eigenvalue weighted by Crippen LogP contribution is 2.25. The lowest BCUT2D eigenvalue weighted by Crippen LogP contribution is -2.28. The number of anilines is 1. The normalized spacial score (nSPS) is 11.1. The van der Waals surface area contributed by atoms with Crippen LogP contribution in [-0.2, 0) is 10.0 Å². The van der Waals surface area contributed by atoms with Gasteiger partial charge in [-0.2, -0.15) is 0 Å². The van der Waals surface area contributed by atoms with Gasteiger partial charge in [0.1, 0.15) is 6.61 Å². The van der Waals surface area contributed by atoms with E-state index in [1.165, 1.54) is 7.11 Å². The molecule has 3 rings (SSSR count). The molecule has 0 aliphatic carbocycles. The molecule has 2 N–H and O–H groups in total. The quantitative estimate of drug-likeness (QED) is 0.366. The molecule has 30 heavy (non-hydrogen) atoms. The van der Waals surface area contributed by atoms with Crippen LogP contribution >= 0.6 is 22.9 Å². The smallest absolute Gasteiger partial charge is 0.269 e. The van der Waals surface area contributed by atoms with Gasteiger partial charge in [-0.15, -0.1) is 10.2 Å². The van der Waals surface area contributed by atoms with Crippen LogP contribution in [0, 0.1) is 0 Å². The average Bonchev–Trinajstić information content (AvgIpc) is 3.21. The zero-order valence-corrected chi connectivity index (χ0v) is 18.1. The van der Waals surface area contributed by atoms with Gasteiger partial charge in [-0.25, -0.2) is 13.1 Å². The van der Waals surface area contributed by atoms with Crippen molar-refractivity contribution in [2.45, 2.75) is 4.34 Å². The second-order valence-electron chi connectivity index (χ2n) is 5.73. The summed E-state index contributed by atoms with van der Waals surface area (Å²) in [7, 11) is -2.38. The third-order valence-electron chi connectivity index (χ3n) is 3.68. The lowest BCUT2D eigenvalue weighted by molar-refractivity contribution is 0.102. The fourth-order valence-corrected chi connectivity index (χ4v) is 4.35. The Bertz CT molecular complexity index is 1120. The van der Waals surface area contributed by atoms with E-state index in [0.29, 0.717) is 22.1 Å². The molecule has 1 amide bonds. The van der Waals surface area contributed by atoms with Crippen LogP contribution < -0.4 is 19.5 Å². The number of hydrogen-bond acceptors (Lipinski definition) is 8.